The number of nitrogens with zero attached hydrogens (tertiary/aromatic N) is 4. The Morgan fingerprint density at radius 3 is 2.88 bits per heavy atom. The lowest BCUT2D eigenvalue weighted by molar-refractivity contribution is 0.458. The molecule has 2 aromatic rings. The molecule has 1 aliphatic rings. The second kappa shape index (κ2) is 4.00. The van der Waals surface area contributed by atoms with E-state index in [2.05, 4.69) is 15.1 Å². The van der Waals surface area contributed by atoms with Crippen LogP contribution in [0.3, 0.4) is 0 Å². The molecule has 0 aliphatic heterocycles. The molecule has 0 spiro atoms. The fourth-order valence-electron chi connectivity index (χ4n) is 1.56. The molecule has 0 amide bonds. The summed E-state index contributed by atoms with van der Waals surface area (Å²) in [6.45, 7) is 0. The van der Waals surface area contributed by atoms with Crippen molar-refractivity contribution in [3.8, 4) is 11.6 Å². The molecular weight excluding hydrogens is 240 g/mol. The first-order valence-electron chi connectivity index (χ1n) is 5.42. The number of aryl methyl sites for hydroxylation is 1. The van der Waals surface area contributed by atoms with Gasteiger partial charge >= 0.3 is 0 Å². The van der Waals surface area contributed by atoms with Crippen molar-refractivity contribution in [3.63, 3.8) is 0 Å². The number of rotatable bonds is 3. The van der Waals surface area contributed by atoms with E-state index in [9.17, 15) is 0 Å². The molecule has 5 nitrogen and oxygen atoms in total. The van der Waals surface area contributed by atoms with Crippen molar-refractivity contribution in [1.82, 2.24) is 19.7 Å². The van der Waals surface area contributed by atoms with Gasteiger partial charge in [0.2, 0.25) is 5.88 Å². The Morgan fingerprint density at radius 1 is 1.41 bits per heavy atom. The van der Waals surface area contributed by atoms with Gasteiger partial charge in [0.15, 0.2) is 5.75 Å². The second-order valence-electron chi connectivity index (χ2n) is 4.11. The Bertz CT molecular complexity index is 550. The molecule has 6 heteroatoms. The topological polar surface area (TPSA) is 52.8 Å². The van der Waals surface area contributed by atoms with Crippen LogP contribution in [0, 0.1) is 0 Å². The number of aromatic nitrogens is 4. The summed E-state index contributed by atoms with van der Waals surface area (Å²) < 4.78 is 7.25. The molecule has 17 heavy (non-hydrogen) atoms. The lowest BCUT2D eigenvalue weighted by Gasteiger charge is -2.04. The average Bonchev–Trinajstić information content (AvgIpc) is 3.03. The highest BCUT2D eigenvalue weighted by Gasteiger charge is 2.27. The zero-order chi connectivity index (χ0) is 11.8. The monoisotopic (exact) mass is 250 g/mol. The number of halogens is 1. The van der Waals surface area contributed by atoms with Gasteiger partial charge in [-0.05, 0) is 12.8 Å². The van der Waals surface area contributed by atoms with Crippen molar-refractivity contribution in [2.45, 2.75) is 18.8 Å². The third-order valence-corrected chi connectivity index (χ3v) is 2.73. The van der Waals surface area contributed by atoms with Gasteiger partial charge in [-0.2, -0.15) is 10.1 Å². The number of ether oxygens (including phenoxy) is 1. The Balaban J connectivity index is 1.86. The van der Waals surface area contributed by atoms with Crippen LogP contribution >= 0.6 is 11.6 Å². The van der Waals surface area contributed by atoms with E-state index in [-0.39, 0.29) is 0 Å². The van der Waals surface area contributed by atoms with E-state index in [1.54, 1.807) is 23.1 Å². The van der Waals surface area contributed by atoms with Crippen molar-refractivity contribution in [2.75, 3.05) is 0 Å². The Morgan fingerprint density at radius 2 is 2.24 bits per heavy atom. The molecule has 2 heterocycles. The first kappa shape index (κ1) is 10.5. The summed E-state index contributed by atoms with van der Waals surface area (Å²) in [6.07, 6.45) is 5.67. The fourth-order valence-corrected chi connectivity index (χ4v) is 1.74. The van der Waals surface area contributed by atoms with Gasteiger partial charge in [0.05, 0.1) is 12.4 Å². The van der Waals surface area contributed by atoms with Crippen molar-refractivity contribution < 1.29 is 4.74 Å². The highest BCUT2D eigenvalue weighted by Crippen LogP contribution is 2.39. The maximum Gasteiger partial charge on any atom is 0.224 e. The standard InChI is InChI=1S/C11H11ClN4O/c1-16-6-8(5-13-16)17-10-4-9(12)14-11(15-10)7-2-3-7/h4-7H,2-3H2,1H3. The smallest absolute Gasteiger partial charge is 0.224 e. The summed E-state index contributed by atoms with van der Waals surface area (Å²) in [5.41, 5.74) is 0. The van der Waals surface area contributed by atoms with Crippen LogP contribution in [0.5, 0.6) is 11.6 Å². The van der Waals surface area contributed by atoms with Crippen LogP contribution in [-0.2, 0) is 7.05 Å². The van der Waals surface area contributed by atoms with Crippen LogP contribution in [0.15, 0.2) is 18.5 Å². The van der Waals surface area contributed by atoms with E-state index in [4.69, 9.17) is 16.3 Å². The highest BCUT2D eigenvalue weighted by molar-refractivity contribution is 6.29. The van der Waals surface area contributed by atoms with Crippen molar-refractivity contribution in [3.05, 3.63) is 29.4 Å². The van der Waals surface area contributed by atoms with Gasteiger partial charge in [-0.3, -0.25) is 4.68 Å². The molecule has 1 fully saturated rings. The van der Waals surface area contributed by atoms with Crippen molar-refractivity contribution in [2.24, 2.45) is 7.05 Å². The second-order valence-corrected chi connectivity index (χ2v) is 4.50. The van der Waals surface area contributed by atoms with Gasteiger partial charge in [-0.1, -0.05) is 11.6 Å². The summed E-state index contributed by atoms with van der Waals surface area (Å²) in [4.78, 5) is 8.54. The Labute approximate surface area is 103 Å². The lowest BCUT2D eigenvalue weighted by atomic mass is 10.4. The molecule has 1 aliphatic carbocycles. The third kappa shape index (κ3) is 2.39. The minimum atomic E-state index is 0.417. The van der Waals surface area contributed by atoms with Crippen LogP contribution in [0.4, 0.5) is 0 Å². The molecule has 2 aromatic heterocycles. The minimum Gasteiger partial charge on any atom is -0.436 e. The van der Waals surface area contributed by atoms with E-state index in [0.29, 0.717) is 22.7 Å². The average molecular weight is 251 g/mol. The summed E-state index contributed by atoms with van der Waals surface area (Å²) in [7, 11) is 1.83. The SMILES string of the molecule is Cn1cc(Oc2cc(Cl)nc(C3CC3)n2)cn1. The van der Waals surface area contributed by atoms with Crippen LogP contribution in [0.1, 0.15) is 24.6 Å². The number of hydrogen-bond donors (Lipinski definition) is 0. The van der Waals surface area contributed by atoms with Gasteiger partial charge in [0, 0.05) is 19.0 Å². The predicted octanol–water partition coefficient (Wildman–Crippen LogP) is 2.53. The first-order chi connectivity index (χ1) is 8.20. The maximum absolute atomic E-state index is 5.94. The van der Waals surface area contributed by atoms with Crippen LogP contribution in [0.25, 0.3) is 0 Å². The quantitative estimate of drug-likeness (QED) is 0.786. The molecule has 0 bridgehead atoms. The summed E-state index contributed by atoms with van der Waals surface area (Å²) in [5, 5.41) is 4.44. The highest BCUT2D eigenvalue weighted by atomic mass is 35.5. The van der Waals surface area contributed by atoms with Crippen LogP contribution in [-0.4, -0.2) is 19.7 Å². The molecule has 0 aromatic carbocycles. The summed E-state index contributed by atoms with van der Waals surface area (Å²) in [5.74, 6) is 2.34. The van der Waals surface area contributed by atoms with E-state index in [1.807, 2.05) is 7.05 Å². The molecule has 0 radical (unpaired) electrons. The summed E-state index contributed by atoms with van der Waals surface area (Å²) in [6, 6.07) is 1.61. The molecule has 0 saturated heterocycles. The number of hydrogen-bond acceptors (Lipinski definition) is 4. The normalized spacial score (nSPS) is 14.9. The van der Waals surface area contributed by atoms with Gasteiger partial charge in [-0.25, -0.2) is 4.98 Å². The molecule has 88 valence electrons. The Kier molecular flexibility index (Phi) is 2.48. The molecule has 0 N–H and O–H groups in total. The Hall–Kier alpha value is -1.62. The van der Waals surface area contributed by atoms with E-state index >= 15 is 0 Å². The molecule has 3 rings (SSSR count). The maximum atomic E-state index is 5.94. The van der Waals surface area contributed by atoms with Crippen molar-refractivity contribution in [1.29, 1.82) is 0 Å². The molecule has 1 saturated carbocycles. The zero-order valence-corrected chi connectivity index (χ0v) is 10.1. The largest absolute Gasteiger partial charge is 0.436 e. The van der Waals surface area contributed by atoms with Crippen LogP contribution < -0.4 is 4.74 Å². The van der Waals surface area contributed by atoms with Gasteiger partial charge in [0.1, 0.15) is 11.0 Å². The third-order valence-electron chi connectivity index (χ3n) is 2.53. The van der Waals surface area contributed by atoms with E-state index in [0.717, 1.165) is 18.7 Å². The van der Waals surface area contributed by atoms with Crippen molar-refractivity contribution >= 4 is 11.6 Å². The zero-order valence-electron chi connectivity index (χ0n) is 9.30. The van der Waals surface area contributed by atoms with E-state index < -0.39 is 0 Å². The minimum absolute atomic E-state index is 0.417. The fraction of sp³-hybridized carbons (Fsp3) is 0.364. The predicted molar refractivity (Wildman–Crippen MR) is 62.3 cm³/mol. The molecule has 0 atom stereocenters. The molecule has 0 unspecified atom stereocenters. The van der Waals surface area contributed by atoms with Gasteiger partial charge in [0.25, 0.3) is 0 Å². The summed E-state index contributed by atoms with van der Waals surface area (Å²) >= 11 is 5.94. The lowest BCUT2D eigenvalue weighted by Crippen LogP contribution is -1.96. The first-order valence-corrected chi connectivity index (χ1v) is 5.79. The van der Waals surface area contributed by atoms with E-state index in [1.165, 1.54) is 0 Å². The van der Waals surface area contributed by atoms with Crippen LogP contribution in [0.2, 0.25) is 5.15 Å². The van der Waals surface area contributed by atoms with Gasteiger partial charge < -0.3 is 4.74 Å². The van der Waals surface area contributed by atoms with Gasteiger partial charge in [-0.15, -0.1) is 0 Å². The molecular formula is C11H11ClN4O.